The summed E-state index contributed by atoms with van der Waals surface area (Å²) in [5.74, 6) is 0.439. The molecule has 0 bridgehead atoms. The van der Waals surface area contributed by atoms with Crippen LogP contribution in [0.3, 0.4) is 0 Å². The van der Waals surface area contributed by atoms with Crippen LogP contribution in [0.2, 0.25) is 5.02 Å². The lowest BCUT2D eigenvalue weighted by Crippen LogP contribution is -2.55. The Bertz CT molecular complexity index is 758. The van der Waals surface area contributed by atoms with E-state index in [9.17, 15) is 8.42 Å². The molecule has 6 nitrogen and oxygen atoms in total. The van der Waals surface area contributed by atoms with E-state index in [1.807, 2.05) is 5.38 Å². The van der Waals surface area contributed by atoms with Crippen molar-refractivity contribution < 1.29 is 17.9 Å². The molecule has 9 heteroatoms. The molecule has 1 aliphatic heterocycles. The van der Waals surface area contributed by atoms with E-state index < -0.39 is 10.0 Å². The highest BCUT2D eigenvalue weighted by molar-refractivity contribution is 7.89. The lowest BCUT2D eigenvalue weighted by atomic mass is 10.2. The second kappa shape index (κ2) is 6.04. The van der Waals surface area contributed by atoms with Gasteiger partial charge in [0.25, 0.3) is 5.19 Å². The Morgan fingerprint density at radius 3 is 2.77 bits per heavy atom. The van der Waals surface area contributed by atoms with Crippen molar-refractivity contribution in [3.63, 3.8) is 0 Å². The van der Waals surface area contributed by atoms with Crippen LogP contribution in [0.4, 0.5) is 0 Å². The zero-order chi connectivity index (χ0) is 15.7. The van der Waals surface area contributed by atoms with Crippen LogP contribution in [0.5, 0.6) is 10.9 Å². The third kappa shape index (κ3) is 2.91. The zero-order valence-corrected chi connectivity index (χ0v) is 14.0. The standard InChI is InChI=1S/C13H13ClN2O4S2/c1-19-12-3-2-10(6-11(12)14)22(17,18)16-7-9(8-16)20-13-15-4-5-21-13/h2-6,9H,7-8H2,1H3. The monoisotopic (exact) mass is 360 g/mol. The smallest absolute Gasteiger partial charge is 0.273 e. The number of ether oxygens (including phenoxy) is 2. The van der Waals surface area contributed by atoms with E-state index in [-0.39, 0.29) is 16.0 Å². The van der Waals surface area contributed by atoms with Crippen LogP contribution in [0.1, 0.15) is 0 Å². The highest BCUT2D eigenvalue weighted by Crippen LogP contribution is 2.30. The van der Waals surface area contributed by atoms with Crippen molar-refractivity contribution in [1.82, 2.24) is 9.29 Å². The molecule has 22 heavy (non-hydrogen) atoms. The molecule has 0 saturated carbocycles. The second-order valence-corrected chi connectivity index (χ2v) is 7.86. The van der Waals surface area contributed by atoms with Gasteiger partial charge in [-0.25, -0.2) is 13.4 Å². The van der Waals surface area contributed by atoms with Gasteiger partial charge < -0.3 is 9.47 Å². The van der Waals surface area contributed by atoms with Gasteiger partial charge in [-0.3, -0.25) is 0 Å². The lowest BCUT2D eigenvalue weighted by Gasteiger charge is -2.37. The summed E-state index contributed by atoms with van der Waals surface area (Å²) in [6.45, 7) is 0.594. The summed E-state index contributed by atoms with van der Waals surface area (Å²) >= 11 is 7.36. The van der Waals surface area contributed by atoms with E-state index in [4.69, 9.17) is 21.1 Å². The van der Waals surface area contributed by atoms with Gasteiger partial charge in [-0.1, -0.05) is 22.9 Å². The Morgan fingerprint density at radius 2 is 2.18 bits per heavy atom. The van der Waals surface area contributed by atoms with Gasteiger partial charge in [0.05, 0.1) is 30.1 Å². The molecular formula is C13H13ClN2O4S2. The molecule has 0 radical (unpaired) electrons. The maximum atomic E-state index is 12.5. The second-order valence-electron chi connectivity index (χ2n) is 4.66. The van der Waals surface area contributed by atoms with Crippen molar-refractivity contribution in [3.05, 3.63) is 34.8 Å². The highest BCUT2D eigenvalue weighted by Gasteiger charge is 2.38. The normalized spacial score (nSPS) is 16.3. The minimum atomic E-state index is -3.57. The largest absolute Gasteiger partial charge is 0.495 e. The Balaban J connectivity index is 1.68. The summed E-state index contributed by atoms with van der Waals surface area (Å²) in [5.41, 5.74) is 0. The van der Waals surface area contributed by atoms with Gasteiger partial charge >= 0.3 is 0 Å². The molecule has 1 fully saturated rings. The number of nitrogens with zero attached hydrogens (tertiary/aromatic N) is 2. The van der Waals surface area contributed by atoms with Crippen molar-refractivity contribution in [2.45, 2.75) is 11.0 Å². The third-order valence-corrected chi connectivity index (χ3v) is 6.04. The van der Waals surface area contributed by atoms with E-state index in [0.29, 0.717) is 24.0 Å². The minimum absolute atomic E-state index is 0.144. The van der Waals surface area contributed by atoms with E-state index in [2.05, 4.69) is 4.98 Å². The van der Waals surface area contributed by atoms with Crippen LogP contribution in [0, 0.1) is 0 Å². The predicted octanol–water partition coefficient (Wildman–Crippen LogP) is 2.26. The molecule has 0 aliphatic carbocycles. The van der Waals surface area contributed by atoms with Crippen LogP contribution in [0.25, 0.3) is 0 Å². The number of thiazole rings is 1. The average Bonchev–Trinajstić information content (AvgIpc) is 2.95. The number of halogens is 1. The van der Waals surface area contributed by atoms with Crippen molar-refractivity contribution >= 4 is 33.0 Å². The molecule has 1 aromatic carbocycles. The fraction of sp³-hybridized carbons (Fsp3) is 0.308. The van der Waals surface area contributed by atoms with Crippen LogP contribution < -0.4 is 9.47 Å². The van der Waals surface area contributed by atoms with Gasteiger partial charge in [0.15, 0.2) is 0 Å². The maximum absolute atomic E-state index is 12.5. The lowest BCUT2D eigenvalue weighted by molar-refractivity contribution is 0.0759. The molecule has 0 atom stereocenters. The first-order valence-electron chi connectivity index (χ1n) is 6.40. The molecular weight excluding hydrogens is 348 g/mol. The van der Waals surface area contributed by atoms with Gasteiger partial charge in [0.2, 0.25) is 10.0 Å². The van der Waals surface area contributed by atoms with Crippen LogP contribution in [0.15, 0.2) is 34.7 Å². The van der Waals surface area contributed by atoms with Crippen LogP contribution in [-0.4, -0.2) is 44.0 Å². The number of benzene rings is 1. The zero-order valence-electron chi connectivity index (χ0n) is 11.6. The highest BCUT2D eigenvalue weighted by atomic mass is 35.5. The van der Waals surface area contributed by atoms with Crippen molar-refractivity contribution in [3.8, 4) is 10.9 Å². The van der Waals surface area contributed by atoms with Gasteiger partial charge in [0, 0.05) is 11.6 Å². The molecule has 1 aliphatic rings. The predicted molar refractivity (Wildman–Crippen MR) is 83.3 cm³/mol. The molecule has 1 saturated heterocycles. The average molecular weight is 361 g/mol. The fourth-order valence-electron chi connectivity index (χ4n) is 2.04. The Labute approximate surface area is 137 Å². The number of hydrogen-bond acceptors (Lipinski definition) is 6. The summed E-state index contributed by atoms with van der Waals surface area (Å²) in [6.07, 6.45) is 1.47. The molecule has 0 N–H and O–H groups in total. The topological polar surface area (TPSA) is 68.7 Å². The summed E-state index contributed by atoms with van der Waals surface area (Å²) in [6, 6.07) is 4.42. The first-order valence-corrected chi connectivity index (χ1v) is 9.10. The van der Waals surface area contributed by atoms with Crippen molar-refractivity contribution in [1.29, 1.82) is 0 Å². The summed E-state index contributed by atoms with van der Waals surface area (Å²) in [5, 5.41) is 2.62. The molecule has 0 amide bonds. The Hall–Kier alpha value is -1.35. The summed E-state index contributed by atoms with van der Waals surface area (Å²) < 4.78 is 36.9. The quantitative estimate of drug-likeness (QED) is 0.818. The summed E-state index contributed by atoms with van der Waals surface area (Å²) in [4.78, 5) is 4.16. The van der Waals surface area contributed by atoms with Gasteiger partial charge in [-0.15, -0.1) is 0 Å². The molecule has 2 heterocycles. The van der Waals surface area contributed by atoms with E-state index in [1.165, 1.54) is 34.9 Å². The molecule has 0 unspecified atom stereocenters. The molecule has 1 aromatic heterocycles. The van der Waals surface area contributed by atoms with E-state index >= 15 is 0 Å². The van der Waals surface area contributed by atoms with Crippen molar-refractivity contribution in [2.75, 3.05) is 20.2 Å². The number of hydrogen-bond donors (Lipinski definition) is 0. The van der Waals surface area contributed by atoms with Crippen LogP contribution >= 0.6 is 22.9 Å². The maximum Gasteiger partial charge on any atom is 0.273 e. The third-order valence-electron chi connectivity index (χ3n) is 3.25. The van der Waals surface area contributed by atoms with E-state index in [1.54, 1.807) is 12.3 Å². The van der Waals surface area contributed by atoms with Crippen LogP contribution in [-0.2, 0) is 10.0 Å². The number of sulfonamides is 1. The first-order chi connectivity index (χ1) is 10.5. The first kappa shape index (κ1) is 15.5. The Morgan fingerprint density at radius 1 is 1.41 bits per heavy atom. The molecule has 3 rings (SSSR count). The number of aromatic nitrogens is 1. The Kier molecular flexibility index (Phi) is 4.26. The molecule has 118 valence electrons. The van der Waals surface area contributed by atoms with Gasteiger partial charge in [0.1, 0.15) is 11.9 Å². The molecule has 0 spiro atoms. The SMILES string of the molecule is COc1ccc(S(=O)(=O)N2CC(Oc3nccs3)C2)cc1Cl. The minimum Gasteiger partial charge on any atom is -0.495 e. The van der Waals surface area contributed by atoms with E-state index in [0.717, 1.165) is 0 Å². The van der Waals surface area contributed by atoms with Gasteiger partial charge in [-0.2, -0.15) is 4.31 Å². The van der Waals surface area contributed by atoms with Crippen molar-refractivity contribution in [2.24, 2.45) is 0 Å². The number of methoxy groups -OCH3 is 1. The fourth-order valence-corrected chi connectivity index (χ4v) is 4.44. The molecule has 2 aromatic rings. The summed E-state index contributed by atoms with van der Waals surface area (Å²) in [7, 11) is -2.09. The number of rotatable bonds is 5. The van der Waals surface area contributed by atoms with Gasteiger partial charge in [-0.05, 0) is 18.2 Å².